The van der Waals surface area contributed by atoms with E-state index >= 15 is 0 Å². The van der Waals surface area contributed by atoms with Crippen LogP contribution in [-0.4, -0.2) is 59.8 Å². The zero-order valence-electron chi connectivity index (χ0n) is 9.79. The molecule has 2 aromatic rings. The maximum absolute atomic E-state index is 9.96. The lowest BCUT2D eigenvalue weighted by Gasteiger charge is -2.13. The van der Waals surface area contributed by atoms with Gasteiger partial charge in [0.1, 0.15) is 30.7 Å². The van der Waals surface area contributed by atoms with E-state index in [9.17, 15) is 10.2 Å². The van der Waals surface area contributed by atoms with Gasteiger partial charge in [-0.15, -0.1) is 0 Å². The fourth-order valence-electron chi connectivity index (χ4n) is 2.19. The third kappa shape index (κ3) is 1.75. The summed E-state index contributed by atoms with van der Waals surface area (Å²) in [6.07, 6.45) is -1.32. The molecule has 9 nitrogen and oxygen atoms in total. The molecule has 0 saturated carbocycles. The second-order valence-electron chi connectivity index (χ2n) is 4.32. The first-order chi connectivity index (χ1) is 9.13. The average molecular weight is 267 g/mol. The molecular formula is C10H13N5O4. The van der Waals surface area contributed by atoms with Gasteiger partial charge in [0, 0.05) is 0 Å². The fourth-order valence-corrected chi connectivity index (χ4v) is 2.19. The predicted octanol–water partition coefficient (Wildman–Crippen LogP) is -2.14. The van der Waals surface area contributed by atoms with E-state index in [2.05, 4.69) is 15.1 Å². The second kappa shape index (κ2) is 4.38. The SMILES string of the molecule is Nc1ncnn2c(C3O[C@H](CO)[C@@H](O)[C@H]3O)cnc12. The van der Waals surface area contributed by atoms with Gasteiger partial charge in [-0.25, -0.2) is 14.5 Å². The van der Waals surface area contributed by atoms with E-state index in [0.29, 0.717) is 11.3 Å². The monoisotopic (exact) mass is 267 g/mol. The van der Waals surface area contributed by atoms with Crippen molar-refractivity contribution < 1.29 is 20.1 Å². The molecule has 0 aromatic carbocycles. The molecule has 1 unspecified atom stereocenters. The Kier molecular flexibility index (Phi) is 2.82. The average Bonchev–Trinajstić information content (AvgIpc) is 2.94. The molecule has 19 heavy (non-hydrogen) atoms. The van der Waals surface area contributed by atoms with Crippen molar-refractivity contribution in [2.45, 2.75) is 24.4 Å². The van der Waals surface area contributed by atoms with Crippen LogP contribution in [0, 0.1) is 0 Å². The largest absolute Gasteiger partial charge is 0.394 e. The number of rotatable bonds is 2. The standard InChI is InChI=1S/C10H13N5O4/c11-9-10-12-1-4(15(10)14-3-13-9)8-7(18)6(17)5(2-16)19-8/h1,3,5-8,16-18H,2H2,(H2,11,13,14)/t5-,6-,7-,8?/m1/s1. The lowest BCUT2D eigenvalue weighted by Crippen LogP contribution is -2.32. The molecule has 1 fully saturated rings. The first kappa shape index (κ1) is 12.2. The number of aromatic nitrogens is 4. The van der Waals surface area contributed by atoms with Crippen molar-refractivity contribution in [3.63, 3.8) is 0 Å². The van der Waals surface area contributed by atoms with Crippen molar-refractivity contribution in [1.82, 2.24) is 19.6 Å². The third-order valence-electron chi connectivity index (χ3n) is 3.19. The van der Waals surface area contributed by atoms with Crippen LogP contribution < -0.4 is 5.73 Å². The summed E-state index contributed by atoms with van der Waals surface area (Å²) in [4.78, 5) is 7.85. The molecule has 2 aromatic heterocycles. The maximum Gasteiger partial charge on any atom is 0.196 e. The van der Waals surface area contributed by atoms with Crippen LogP contribution in [-0.2, 0) is 4.74 Å². The Balaban J connectivity index is 2.04. The lowest BCUT2D eigenvalue weighted by atomic mass is 10.1. The molecule has 5 N–H and O–H groups in total. The van der Waals surface area contributed by atoms with E-state index in [-0.39, 0.29) is 12.4 Å². The summed E-state index contributed by atoms with van der Waals surface area (Å²) < 4.78 is 6.81. The molecule has 0 radical (unpaired) electrons. The molecule has 4 atom stereocenters. The number of hydrogen-bond acceptors (Lipinski definition) is 8. The first-order valence-corrected chi connectivity index (χ1v) is 5.70. The Morgan fingerprint density at radius 2 is 2.11 bits per heavy atom. The Labute approximate surface area is 107 Å². The van der Waals surface area contributed by atoms with Crippen molar-refractivity contribution in [2.75, 3.05) is 12.3 Å². The van der Waals surface area contributed by atoms with Crippen LogP contribution >= 0.6 is 0 Å². The van der Waals surface area contributed by atoms with Gasteiger partial charge in [-0.2, -0.15) is 5.10 Å². The van der Waals surface area contributed by atoms with E-state index in [1.807, 2.05) is 0 Å². The smallest absolute Gasteiger partial charge is 0.196 e. The van der Waals surface area contributed by atoms with Gasteiger partial charge in [-0.05, 0) is 0 Å². The molecule has 3 rings (SSSR count). The first-order valence-electron chi connectivity index (χ1n) is 5.70. The van der Waals surface area contributed by atoms with Crippen LogP contribution in [0.4, 0.5) is 5.82 Å². The lowest BCUT2D eigenvalue weighted by molar-refractivity contribution is -0.0244. The highest BCUT2D eigenvalue weighted by Crippen LogP contribution is 2.33. The fraction of sp³-hybridized carbons (Fsp3) is 0.500. The number of nitrogen functional groups attached to an aromatic ring is 1. The summed E-state index contributed by atoms with van der Waals surface area (Å²) >= 11 is 0. The Bertz CT molecular complexity index is 603. The highest BCUT2D eigenvalue weighted by Gasteiger charge is 2.44. The number of nitrogens with two attached hydrogens (primary N) is 1. The molecule has 1 saturated heterocycles. The summed E-state index contributed by atoms with van der Waals surface area (Å²) in [6.45, 7) is -0.386. The molecule has 0 spiro atoms. The summed E-state index contributed by atoms with van der Waals surface area (Å²) in [5, 5.41) is 32.7. The van der Waals surface area contributed by atoms with Crippen molar-refractivity contribution in [1.29, 1.82) is 0 Å². The molecular weight excluding hydrogens is 254 g/mol. The molecule has 0 aliphatic carbocycles. The minimum absolute atomic E-state index is 0.202. The van der Waals surface area contributed by atoms with Gasteiger partial charge in [-0.1, -0.05) is 0 Å². The summed E-state index contributed by atoms with van der Waals surface area (Å²) in [5.41, 5.74) is 6.44. The number of anilines is 1. The summed E-state index contributed by atoms with van der Waals surface area (Å²) in [5.74, 6) is 0.202. The number of fused-ring (bicyclic) bond motifs is 1. The van der Waals surface area contributed by atoms with Crippen LogP contribution in [0.3, 0.4) is 0 Å². The molecule has 0 amide bonds. The van der Waals surface area contributed by atoms with Gasteiger partial charge in [0.25, 0.3) is 0 Å². The van der Waals surface area contributed by atoms with Gasteiger partial charge in [0.2, 0.25) is 0 Å². The predicted molar refractivity (Wildman–Crippen MR) is 61.9 cm³/mol. The van der Waals surface area contributed by atoms with Gasteiger partial charge in [-0.3, -0.25) is 0 Å². The number of imidazole rings is 1. The van der Waals surface area contributed by atoms with E-state index in [4.69, 9.17) is 15.6 Å². The third-order valence-corrected chi connectivity index (χ3v) is 3.19. The number of ether oxygens (including phenoxy) is 1. The second-order valence-corrected chi connectivity index (χ2v) is 4.32. The molecule has 102 valence electrons. The molecule has 1 aliphatic rings. The van der Waals surface area contributed by atoms with Crippen LogP contribution in [0.2, 0.25) is 0 Å². The number of aliphatic hydroxyl groups is 3. The number of hydrogen-bond donors (Lipinski definition) is 4. The van der Waals surface area contributed by atoms with Crippen LogP contribution in [0.1, 0.15) is 11.8 Å². The number of nitrogens with zero attached hydrogens (tertiary/aromatic N) is 4. The van der Waals surface area contributed by atoms with Gasteiger partial charge in [0.05, 0.1) is 18.5 Å². The van der Waals surface area contributed by atoms with Gasteiger partial charge >= 0.3 is 0 Å². The topological polar surface area (TPSA) is 139 Å². The minimum atomic E-state index is -1.17. The normalized spacial score (nSPS) is 31.1. The molecule has 1 aliphatic heterocycles. The number of aliphatic hydroxyl groups excluding tert-OH is 3. The quantitative estimate of drug-likeness (QED) is 0.483. The Morgan fingerprint density at radius 1 is 1.32 bits per heavy atom. The molecule has 3 heterocycles. The zero-order chi connectivity index (χ0) is 13.6. The van der Waals surface area contributed by atoms with Crippen molar-refractivity contribution in [3.05, 3.63) is 18.2 Å². The molecule has 9 heteroatoms. The Hall–Kier alpha value is -1.81. The van der Waals surface area contributed by atoms with Gasteiger partial charge in [0.15, 0.2) is 11.5 Å². The van der Waals surface area contributed by atoms with Crippen LogP contribution in [0.25, 0.3) is 5.65 Å². The highest BCUT2D eigenvalue weighted by atomic mass is 16.6. The summed E-state index contributed by atoms with van der Waals surface area (Å²) in [7, 11) is 0. The van der Waals surface area contributed by atoms with Crippen LogP contribution in [0.5, 0.6) is 0 Å². The van der Waals surface area contributed by atoms with E-state index in [1.165, 1.54) is 17.0 Å². The Morgan fingerprint density at radius 3 is 2.79 bits per heavy atom. The van der Waals surface area contributed by atoms with Gasteiger partial charge < -0.3 is 25.8 Å². The van der Waals surface area contributed by atoms with Crippen molar-refractivity contribution in [3.8, 4) is 0 Å². The van der Waals surface area contributed by atoms with E-state index in [1.54, 1.807) is 0 Å². The highest BCUT2D eigenvalue weighted by molar-refractivity contribution is 5.58. The maximum atomic E-state index is 9.96. The van der Waals surface area contributed by atoms with Crippen molar-refractivity contribution >= 4 is 11.5 Å². The van der Waals surface area contributed by atoms with Crippen LogP contribution in [0.15, 0.2) is 12.5 Å². The van der Waals surface area contributed by atoms with E-state index < -0.39 is 24.4 Å². The van der Waals surface area contributed by atoms with E-state index in [0.717, 1.165) is 0 Å². The molecule has 0 bridgehead atoms. The summed E-state index contributed by atoms with van der Waals surface area (Å²) in [6, 6.07) is 0. The zero-order valence-corrected chi connectivity index (χ0v) is 9.79. The minimum Gasteiger partial charge on any atom is -0.394 e. The van der Waals surface area contributed by atoms with Crippen molar-refractivity contribution in [2.24, 2.45) is 0 Å².